The van der Waals surface area contributed by atoms with Gasteiger partial charge in [-0.15, -0.1) is 0 Å². The van der Waals surface area contributed by atoms with Crippen molar-refractivity contribution >= 4 is 12.0 Å². The highest BCUT2D eigenvalue weighted by Crippen LogP contribution is 2.19. The molecule has 0 radical (unpaired) electrons. The Bertz CT molecular complexity index is 373. The van der Waals surface area contributed by atoms with Gasteiger partial charge in [-0.3, -0.25) is 4.79 Å². The summed E-state index contributed by atoms with van der Waals surface area (Å²) in [5.74, 6) is -0.948. The van der Waals surface area contributed by atoms with Gasteiger partial charge in [0.15, 0.2) is 0 Å². The first-order valence-corrected chi connectivity index (χ1v) is 4.36. The summed E-state index contributed by atoms with van der Waals surface area (Å²) in [5.41, 5.74) is 0.515. The Morgan fingerprint density at radius 2 is 2.20 bits per heavy atom. The maximum atomic E-state index is 12.3. The number of aliphatic carboxylic acids is 1. The lowest BCUT2D eigenvalue weighted by molar-refractivity contribution is -0.135. The average Bonchev–Trinajstić information content (AvgIpc) is 2.17. The van der Waals surface area contributed by atoms with E-state index in [4.69, 9.17) is 5.11 Å². The second kappa shape index (κ2) is 5.24. The van der Waals surface area contributed by atoms with Crippen molar-refractivity contribution < 1.29 is 18.7 Å². The van der Waals surface area contributed by atoms with Crippen LogP contribution in [0.15, 0.2) is 30.3 Å². The number of rotatable bonds is 4. The van der Waals surface area contributed by atoms with Gasteiger partial charge in [-0.05, 0) is 11.6 Å². The summed E-state index contributed by atoms with van der Waals surface area (Å²) in [6, 6.07) is 5.83. The molecule has 0 amide bonds. The summed E-state index contributed by atoms with van der Waals surface area (Å²) >= 11 is 0. The van der Waals surface area contributed by atoms with E-state index in [1.54, 1.807) is 6.07 Å². The first-order valence-electron chi connectivity index (χ1n) is 4.36. The molecule has 0 atom stereocenters. The normalized spacial score (nSPS) is 11.1. The Hall–Kier alpha value is -1.71. The van der Waals surface area contributed by atoms with E-state index in [9.17, 15) is 13.6 Å². The Kier molecular flexibility index (Phi) is 3.97. The second-order valence-corrected chi connectivity index (χ2v) is 2.97. The zero-order chi connectivity index (χ0) is 11.3. The van der Waals surface area contributed by atoms with Crippen LogP contribution in [0.4, 0.5) is 8.78 Å². The molecule has 0 saturated heterocycles. The Labute approximate surface area is 85.9 Å². The molecule has 1 rings (SSSR count). The van der Waals surface area contributed by atoms with E-state index in [2.05, 4.69) is 0 Å². The third-order valence-electron chi connectivity index (χ3n) is 1.77. The molecular formula is C11H10F2O2. The number of carbonyl (C=O) groups is 1. The van der Waals surface area contributed by atoms with Crippen LogP contribution in [0.1, 0.15) is 24.0 Å². The fraction of sp³-hybridized carbons (Fsp3) is 0.182. The number of carboxylic acid groups (broad SMARTS) is 1. The molecule has 15 heavy (non-hydrogen) atoms. The molecule has 0 aromatic heterocycles. The molecule has 0 unspecified atom stereocenters. The van der Waals surface area contributed by atoms with E-state index < -0.39 is 12.4 Å². The highest BCUT2D eigenvalue weighted by Gasteiger charge is 2.05. The van der Waals surface area contributed by atoms with Gasteiger partial charge < -0.3 is 5.11 Å². The van der Waals surface area contributed by atoms with Crippen molar-refractivity contribution in [3.05, 3.63) is 41.5 Å². The van der Waals surface area contributed by atoms with Gasteiger partial charge in [-0.1, -0.05) is 30.4 Å². The molecule has 0 spiro atoms. The van der Waals surface area contributed by atoms with E-state index in [1.165, 1.54) is 30.4 Å². The summed E-state index contributed by atoms with van der Waals surface area (Å²) in [7, 11) is 0. The van der Waals surface area contributed by atoms with Crippen LogP contribution in [0.2, 0.25) is 0 Å². The van der Waals surface area contributed by atoms with Gasteiger partial charge in [0.05, 0.1) is 6.42 Å². The summed E-state index contributed by atoms with van der Waals surface area (Å²) in [6.45, 7) is 0. The van der Waals surface area contributed by atoms with E-state index in [-0.39, 0.29) is 12.0 Å². The predicted octanol–water partition coefficient (Wildman–Crippen LogP) is 3.11. The number of halogens is 2. The van der Waals surface area contributed by atoms with Crippen LogP contribution < -0.4 is 0 Å². The average molecular weight is 212 g/mol. The van der Waals surface area contributed by atoms with Crippen LogP contribution in [0.3, 0.4) is 0 Å². The molecule has 0 heterocycles. The van der Waals surface area contributed by atoms with Gasteiger partial charge in [0.2, 0.25) is 0 Å². The number of carboxylic acids is 1. The molecule has 0 aliphatic carbocycles. The van der Waals surface area contributed by atoms with Crippen molar-refractivity contribution in [3.8, 4) is 0 Å². The number of alkyl halides is 2. The maximum Gasteiger partial charge on any atom is 0.307 e. The number of hydrogen-bond acceptors (Lipinski definition) is 1. The van der Waals surface area contributed by atoms with E-state index >= 15 is 0 Å². The second-order valence-electron chi connectivity index (χ2n) is 2.97. The molecule has 1 aromatic rings. The molecule has 1 N–H and O–H groups in total. The Morgan fingerprint density at radius 3 is 2.80 bits per heavy atom. The zero-order valence-corrected chi connectivity index (χ0v) is 7.86. The number of hydrogen-bond donors (Lipinski definition) is 1. The first-order chi connectivity index (χ1) is 7.09. The third kappa shape index (κ3) is 3.89. The highest BCUT2D eigenvalue weighted by atomic mass is 19.3. The summed E-state index contributed by atoms with van der Waals surface area (Å²) < 4.78 is 24.6. The van der Waals surface area contributed by atoms with Crippen LogP contribution in [0, 0.1) is 0 Å². The monoisotopic (exact) mass is 212 g/mol. The minimum Gasteiger partial charge on any atom is -0.481 e. The Morgan fingerprint density at radius 1 is 1.47 bits per heavy atom. The van der Waals surface area contributed by atoms with Gasteiger partial charge in [0.1, 0.15) is 0 Å². The highest BCUT2D eigenvalue weighted by molar-refractivity contribution is 5.70. The van der Waals surface area contributed by atoms with Crippen LogP contribution in [0.5, 0.6) is 0 Å². The van der Waals surface area contributed by atoms with E-state index in [1.807, 2.05) is 0 Å². The molecule has 2 nitrogen and oxygen atoms in total. The van der Waals surface area contributed by atoms with Crippen LogP contribution in [-0.2, 0) is 4.79 Å². The van der Waals surface area contributed by atoms with Crippen LogP contribution >= 0.6 is 0 Å². The molecule has 0 bridgehead atoms. The molecule has 0 saturated carbocycles. The molecule has 1 aromatic carbocycles. The van der Waals surface area contributed by atoms with E-state index in [0.29, 0.717) is 5.56 Å². The fourth-order valence-corrected chi connectivity index (χ4v) is 1.09. The molecule has 0 fully saturated rings. The summed E-state index contributed by atoms with van der Waals surface area (Å²) in [4.78, 5) is 10.2. The molecule has 4 heteroatoms. The minimum absolute atomic E-state index is 0.0625. The summed E-state index contributed by atoms with van der Waals surface area (Å²) in [6.07, 6.45) is 0.323. The zero-order valence-electron chi connectivity index (χ0n) is 7.86. The van der Waals surface area contributed by atoms with E-state index in [0.717, 1.165) is 0 Å². The third-order valence-corrected chi connectivity index (χ3v) is 1.77. The molecule has 80 valence electrons. The van der Waals surface area contributed by atoms with Crippen LogP contribution in [-0.4, -0.2) is 11.1 Å². The molecule has 0 aliphatic rings. The standard InChI is InChI=1S/C11H10F2O2/c12-11(13)9-5-1-3-8(7-9)4-2-6-10(14)15/h1-5,7,11H,6H2,(H,14,15). The van der Waals surface area contributed by atoms with Crippen molar-refractivity contribution in [1.29, 1.82) is 0 Å². The fourth-order valence-electron chi connectivity index (χ4n) is 1.09. The Balaban J connectivity index is 2.73. The van der Waals surface area contributed by atoms with Crippen LogP contribution in [0.25, 0.3) is 6.08 Å². The van der Waals surface area contributed by atoms with Gasteiger partial charge >= 0.3 is 5.97 Å². The van der Waals surface area contributed by atoms with Crippen molar-refractivity contribution in [3.63, 3.8) is 0 Å². The topological polar surface area (TPSA) is 37.3 Å². The quantitative estimate of drug-likeness (QED) is 0.832. The smallest absolute Gasteiger partial charge is 0.307 e. The predicted molar refractivity (Wildman–Crippen MR) is 52.7 cm³/mol. The molecular weight excluding hydrogens is 202 g/mol. The lowest BCUT2D eigenvalue weighted by atomic mass is 10.1. The van der Waals surface area contributed by atoms with Crippen molar-refractivity contribution in [2.24, 2.45) is 0 Å². The van der Waals surface area contributed by atoms with Gasteiger partial charge in [0.25, 0.3) is 6.43 Å². The SMILES string of the molecule is O=C(O)CC=Cc1cccc(C(F)F)c1. The van der Waals surface area contributed by atoms with Crippen molar-refractivity contribution in [2.75, 3.05) is 0 Å². The largest absolute Gasteiger partial charge is 0.481 e. The van der Waals surface area contributed by atoms with Gasteiger partial charge in [0, 0.05) is 5.56 Å². The lowest BCUT2D eigenvalue weighted by Crippen LogP contribution is -1.89. The van der Waals surface area contributed by atoms with Gasteiger partial charge in [-0.25, -0.2) is 8.78 Å². The maximum absolute atomic E-state index is 12.3. The minimum atomic E-state index is -2.50. The van der Waals surface area contributed by atoms with Gasteiger partial charge in [-0.2, -0.15) is 0 Å². The number of benzene rings is 1. The summed E-state index contributed by atoms with van der Waals surface area (Å²) in [5, 5.41) is 8.36. The molecule has 0 aliphatic heterocycles. The lowest BCUT2D eigenvalue weighted by Gasteiger charge is -1.99. The van der Waals surface area contributed by atoms with Crippen molar-refractivity contribution in [1.82, 2.24) is 0 Å². The van der Waals surface area contributed by atoms with Crippen molar-refractivity contribution in [2.45, 2.75) is 12.8 Å². The first kappa shape index (κ1) is 11.4.